The zero-order valence-electron chi connectivity index (χ0n) is 16.1. The van der Waals surface area contributed by atoms with Gasteiger partial charge >= 0.3 is 0 Å². The normalized spacial score (nSPS) is 11.0. The van der Waals surface area contributed by atoms with Crippen LogP contribution in [0.15, 0.2) is 66.7 Å². The molecule has 1 heterocycles. The Morgan fingerprint density at radius 1 is 0.931 bits per heavy atom. The van der Waals surface area contributed by atoms with Crippen LogP contribution in [0.5, 0.6) is 11.5 Å². The molecule has 0 amide bonds. The van der Waals surface area contributed by atoms with E-state index in [0.717, 1.165) is 22.4 Å². The molecular weight excluding hydrogens is 369 g/mol. The standard InChI is InChI=1S/C23H22FN3O2/c1-28-21-12-6-8-16(23(21)29-15-17-7-2-3-9-18(17)24)13-25-14-22-26-19-10-4-5-11-20(19)27-22/h2-12,25H,13-15H2,1H3,(H,26,27). The van der Waals surface area contributed by atoms with Gasteiger partial charge < -0.3 is 19.8 Å². The Morgan fingerprint density at radius 2 is 1.72 bits per heavy atom. The van der Waals surface area contributed by atoms with Crippen LogP contribution in [0.4, 0.5) is 4.39 Å². The highest BCUT2D eigenvalue weighted by atomic mass is 19.1. The van der Waals surface area contributed by atoms with E-state index in [1.54, 1.807) is 25.3 Å². The van der Waals surface area contributed by atoms with E-state index in [-0.39, 0.29) is 12.4 Å². The number of halogens is 1. The summed E-state index contributed by atoms with van der Waals surface area (Å²) >= 11 is 0. The average Bonchev–Trinajstić information content (AvgIpc) is 3.16. The maximum Gasteiger partial charge on any atom is 0.166 e. The first kappa shape index (κ1) is 19.0. The van der Waals surface area contributed by atoms with Crippen molar-refractivity contribution in [2.75, 3.05) is 7.11 Å². The van der Waals surface area contributed by atoms with Crippen LogP contribution in [-0.2, 0) is 19.7 Å². The number of hydrogen-bond acceptors (Lipinski definition) is 4. The molecule has 0 radical (unpaired) electrons. The topological polar surface area (TPSA) is 59.2 Å². The highest BCUT2D eigenvalue weighted by Gasteiger charge is 2.12. The van der Waals surface area contributed by atoms with Gasteiger partial charge in [-0.25, -0.2) is 9.37 Å². The quantitative estimate of drug-likeness (QED) is 0.462. The monoisotopic (exact) mass is 391 g/mol. The van der Waals surface area contributed by atoms with Crippen LogP contribution in [-0.4, -0.2) is 17.1 Å². The van der Waals surface area contributed by atoms with Crippen molar-refractivity contribution in [1.82, 2.24) is 15.3 Å². The molecule has 2 N–H and O–H groups in total. The van der Waals surface area contributed by atoms with Gasteiger partial charge in [0.25, 0.3) is 0 Å². The van der Waals surface area contributed by atoms with Crippen LogP contribution >= 0.6 is 0 Å². The van der Waals surface area contributed by atoms with E-state index in [1.165, 1.54) is 6.07 Å². The summed E-state index contributed by atoms with van der Waals surface area (Å²) in [5.41, 5.74) is 3.38. The fourth-order valence-electron chi connectivity index (χ4n) is 3.20. The maximum absolute atomic E-state index is 13.9. The third-order valence-corrected chi connectivity index (χ3v) is 4.66. The molecule has 0 aliphatic heterocycles. The third-order valence-electron chi connectivity index (χ3n) is 4.66. The van der Waals surface area contributed by atoms with Crippen molar-refractivity contribution in [3.8, 4) is 11.5 Å². The molecule has 5 nitrogen and oxygen atoms in total. The van der Waals surface area contributed by atoms with Gasteiger partial charge in [-0.1, -0.05) is 42.5 Å². The van der Waals surface area contributed by atoms with E-state index >= 15 is 0 Å². The largest absolute Gasteiger partial charge is 0.493 e. The molecule has 6 heteroatoms. The molecule has 0 unspecified atom stereocenters. The molecular formula is C23H22FN3O2. The number of nitrogens with zero attached hydrogens (tertiary/aromatic N) is 1. The molecule has 0 spiro atoms. The summed E-state index contributed by atoms with van der Waals surface area (Å²) in [5, 5.41) is 3.38. The molecule has 1 aromatic heterocycles. The maximum atomic E-state index is 13.9. The second-order valence-electron chi connectivity index (χ2n) is 6.63. The average molecular weight is 391 g/mol. The Bertz CT molecular complexity index is 1080. The summed E-state index contributed by atoms with van der Waals surface area (Å²) in [6.45, 7) is 1.27. The molecule has 0 aliphatic rings. The van der Waals surface area contributed by atoms with Gasteiger partial charge in [0.1, 0.15) is 18.2 Å². The third kappa shape index (κ3) is 4.38. The molecule has 148 valence electrons. The predicted octanol–water partition coefficient (Wildman–Crippen LogP) is 4.58. The Morgan fingerprint density at radius 3 is 2.55 bits per heavy atom. The fourth-order valence-corrected chi connectivity index (χ4v) is 3.20. The minimum Gasteiger partial charge on any atom is -0.493 e. The second kappa shape index (κ2) is 8.75. The molecule has 3 aromatic carbocycles. The van der Waals surface area contributed by atoms with Gasteiger partial charge in [-0.2, -0.15) is 0 Å². The number of ether oxygens (including phenoxy) is 2. The summed E-state index contributed by atoms with van der Waals surface area (Å²) in [6, 6.07) is 20.2. The first-order valence-corrected chi connectivity index (χ1v) is 9.41. The predicted molar refractivity (Wildman–Crippen MR) is 110 cm³/mol. The number of hydrogen-bond donors (Lipinski definition) is 2. The Labute approximate surface area is 168 Å². The number of benzene rings is 3. The SMILES string of the molecule is COc1cccc(CNCc2nc3ccccc3[nH]2)c1OCc1ccccc1F. The first-order valence-electron chi connectivity index (χ1n) is 9.41. The number of aromatic amines is 1. The van der Waals surface area contributed by atoms with Crippen molar-refractivity contribution >= 4 is 11.0 Å². The molecule has 0 aliphatic carbocycles. The van der Waals surface area contributed by atoms with Gasteiger partial charge in [0, 0.05) is 17.7 Å². The van der Waals surface area contributed by atoms with Crippen molar-refractivity contribution in [1.29, 1.82) is 0 Å². The number of methoxy groups -OCH3 is 1. The minimum atomic E-state index is -0.285. The van der Waals surface area contributed by atoms with E-state index in [9.17, 15) is 4.39 Å². The molecule has 0 bridgehead atoms. The van der Waals surface area contributed by atoms with E-state index in [1.807, 2.05) is 42.5 Å². The number of H-pyrrole nitrogens is 1. The minimum absolute atomic E-state index is 0.129. The summed E-state index contributed by atoms with van der Waals surface area (Å²) in [4.78, 5) is 7.87. The lowest BCUT2D eigenvalue weighted by Gasteiger charge is -2.15. The van der Waals surface area contributed by atoms with Gasteiger partial charge in [0.2, 0.25) is 0 Å². The van der Waals surface area contributed by atoms with Crippen LogP contribution in [0.25, 0.3) is 11.0 Å². The first-order chi connectivity index (χ1) is 14.2. The molecule has 4 rings (SSSR count). The van der Waals surface area contributed by atoms with Gasteiger partial charge in [-0.05, 0) is 24.3 Å². The molecule has 0 fully saturated rings. The van der Waals surface area contributed by atoms with Gasteiger partial charge in [-0.15, -0.1) is 0 Å². The summed E-state index contributed by atoms with van der Waals surface area (Å²) in [7, 11) is 1.59. The molecule has 0 saturated heterocycles. The van der Waals surface area contributed by atoms with Crippen LogP contribution in [0.3, 0.4) is 0 Å². The fraction of sp³-hybridized carbons (Fsp3) is 0.174. The highest BCUT2D eigenvalue weighted by Crippen LogP contribution is 2.32. The molecule has 0 atom stereocenters. The Balaban J connectivity index is 1.45. The lowest BCUT2D eigenvalue weighted by Crippen LogP contribution is -2.15. The van der Waals surface area contributed by atoms with E-state index in [2.05, 4.69) is 15.3 Å². The van der Waals surface area contributed by atoms with Crippen molar-refractivity contribution in [3.63, 3.8) is 0 Å². The summed E-state index contributed by atoms with van der Waals surface area (Å²) < 4.78 is 25.3. The van der Waals surface area contributed by atoms with Crippen molar-refractivity contribution in [2.24, 2.45) is 0 Å². The lowest BCUT2D eigenvalue weighted by atomic mass is 10.1. The van der Waals surface area contributed by atoms with E-state index < -0.39 is 0 Å². The highest BCUT2D eigenvalue weighted by molar-refractivity contribution is 5.74. The van der Waals surface area contributed by atoms with Gasteiger partial charge in [-0.3, -0.25) is 0 Å². The smallest absolute Gasteiger partial charge is 0.166 e. The molecule has 4 aromatic rings. The summed E-state index contributed by atoms with van der Waals surface area (Å²) in [5.74, 6) is 1.80. The number of nitrogens with one attached hydrogen (secondary N) is 2. The van der Waals surface area contributed by atoms with Gasteiger partial charge in [0.05, 0.1) is 24.7 Å². The van der Waals surface area contributed by atoms with Gasteiger partial charge in [0.15, 0.2) is 11.5 Å². The Kier molecular flexibility index (Phi) is 5.72. The van der Waals surface area contributed by atoms with Crippen LogP contribution < -0.4 is 14.8 Å². The number of aromatic nitrogens is 2. The number of imidazole rings is 1. The zero-order chi connectivity index (χ0) is 20.1. The number of para-hydroxylation sites is 3. The zero-order valence-corrected chi connectivity index (χ0v) is 16.1. The van der Waals surface area contributed by atoms with Crippen molar-refractivity contribution in [2.45, 2.75) is 19.7 Å². The number of rotatable bonds is 8. The van der Waals surface area contributed by atoms with Crippen molar-refractivity contribution < 1.29 is 13.9 Å². The molecule has 0 saturated carbocycles. The number of fused-ring (bicyclic) bond motifs is 1. The summed E-state index contributed by atoms with van der Waals surface area (Å²) in [6.07, 6.45) is 0. The van der Waals surface area contributed by atoms with Crippen LogP contribution in [0, 0.1) is 5.82 Å². The van der Waals surface area contributed by atoms with Crippen molar-refractivity contribution in [3.05, 3.63) is 89.5 Å². The van der Waals surface area contributed by atoms with E-state index in [4.69, 9.17) is 9.47 Å². The second-order valence-corrected chi connectivity index (χ2v) is 6.63. The van der Waals surface area contributed by atoms with Crippen LogP contribution in [0.1, 0.15) is 17.0 Å². The Hall–Kier alpha value is -3.38. The molecule has 29 heavy (non-hydrogen) atoms. The van der Waals surface area contributed by atoms with E-state index in [0.29, 0.717) is 30.2 Å². The lowest BCUT2D eigenvalue weighted by molar-refractivity contribution is 0.276. The van der Waals surface area contributed by atoms with Crippen LogP contribution in [0.2, 0.25) is 0 Å².